The number of aromatic nitrogens is 3. The Hall–Kier alpha value is -1.68. The van der Waals surface area contributed by atoms with Crippen LogP contribution in [0.5, 0.6) is 0 Å². The molecule has 0 amide bonds. The van der Waals surface area contributed by atoms with Gasteiger partial charge in [0, 0.05) is 11.4 Å². The van der Waals surface area contributed by atoms with E-state index in [-0.39, 0.29) is 0 Å². The van der Waals surface area contributed by atoms with Gasteiger partial charge in [-0.15, -0.1) is 0 Å². The second kappa shape index (κ2) is 3.67. The number of imidazole rings is 1. The summed E-state index contributed by atoms with van der Waals surface area (Å²) in [6.45, 7) is 4.27. The predicted octanol–water partition coefficient (Wildman–Crippen LogP) is 3.83. The SMILES string of the molecule is CC(C)n1c(=S)[nH]c2cnc3ccccc3c21. The summed E-state index contributed by atoms with van der Waals surface area (Å²) in [5, 5.41) is 1.14. The molecule has 0 unspecified atom stereocenters. The van der Waals surface area contributed by atoms with E-state index in [1.165, 1.54) is 0 Å². The molecule has 86 valence electrons. The Morgan fingerprint density at radius 2 is 2.06 bits per heavy atom. The van der Waals surface area contributed by atoms with Gasteiger partial charge in [0.1, 0.15) is 0 Å². The van der Waals surface area contributed by atoms with Gasteiger partial charge < -0.3 is 9.55 Å². The fourth-order valence-corrected chi connectivity index (χ4v) is 2.66. The van der Waals surface area contributed by atoms with Crippen molar-refractivity contribution in [2.75, 3.05) is 0 Å². The quantitative estimate of drug-likeness (QED) is 0.659. The average Bonchev–Trinajstić information content (AvgIpc) is 2.65. The minimum atomic E-state index is 0.335. The van der Waals surface area contributed by atoms with Crippen molar-refractivity contribution in [2.45, 2.75) is 19.9 Å². The molecule has 17 heavy (non-hydrogen) atoms. The summed E-state index contributed by atoms with van der Waals surface area (Å²) in [5.41, 5.74) is 3.15. The van der Waals surface area contributed by atoms with Crippen LogP contribution < -0.4 is 0 Å². The van der Waals surface area contributed by atoms with E-state index in [2.05, 4.69) is 34.4 Å². The summed E-state index contributed by atoms with van der Waals surface area (Å²) in [7, 11) is 0. The van der Waals surface area contributed by atoms with Crippen molar-refractivity contribution < 1.29 is 0 Å². The molecule has 0 saturated carbocycles. The highest BCUT2D eigenvalue weighted by Gasteiger charge is 2.10. The van der Waals surface area contributed by atoms with Gasteiger partial charge in [0.05, 0.1) is 22.7 Å². The van der Waals surface area contributed by atoms with Crippen LogP contribution in [0.15, 0.2) is 30.5 Å². The smallest absolute Gasteiger partial charge is 0.178 e. The molecule has 0 aliphatic carbocycles. The first-order valence-electron chi connectivity index (χ1n) is 5.66. The second-order valence-corrected chi connectivity index (χ2v) is 4.82. The Labute approximate surface area is 104 Å². The molecule has 0 aliphatic heterocycles. The maximum absolute atomic E-state index is 5.37. The Bertz CT molecular complexity index is 752. The minimum absolute atomic E-state index is 0.335. The van der Waals surface area contributed by atoms with Crippen LogP contribution in [0.3, 0.4) is 0 Å². The zero-order valence-electron chi connectivity index (χ0n) is 9.77. The summed E-state index contributed by atoms with van der Waals surface area (Å²) in [5.74, 6) is 0. The van der Waals surface area contributed by atoms with Gasteiger partial charge in [-0.1, -0.05) is 18.2 Å². The number of fused-ring (bicyclic) bond motifs is 3. The molecule has 0 spiro atoms. The van der Waals surface area contributed by atoms with Crippen LogP contribution in [0.2, 0.25) is 0 Å². The van der Waals surface area contributed by atoms with Gasteiger partial charge in [-0.05, 0) is 32.1 Å². The van der Waals surface area contributed by atoms with E-state index in [0.29, 0.717) is 6.04 Å². The number of H-pyrrole nitrogens is 1. The van der Waals surface area contributed by atoms with E-state index in [0.717, 1.165) is 26.7 Å². The molecule has 2 heterocycles. The number of hydrogen-bond acceptors (Lipinski definition) is 2. The summed E-state index contributed by atoms with van der Waals surface area (Å²) in [6, 6.07) is 8.48. The third-order valence-electron chi connectivity index (χ3n) is 2.96. The van der Waals surface area contributed by atoms with E-state index >= 15 is 0 Å². The van der Waals surface area contributed by atoms with Gasteiger partial charge in [0.25, 0.3) is 0 Å². The van der Waals surface area contributed by atoms with Gasteiger partial charge in [0.2, 0.25) is 0 Å². The highest BCUT2D eigenvalue weighted by atomic mass is 32.1. The Morgan fingerprint density at radius 3 is 2.82 bits per heavy atom. The van der Waals surface area contributed by atoms with E-state index in [9.17, 15) is 0 Å². The lowest BCUT2D eigenvalue weighted by atomic mass is 10.2. The Kier molecular flexibility index (Phi) is 2.26. The fourth-order valence-electron chi connectivity index (χ4n) is 2.25. The van der Waals surface area contributed by atoms with Crippen molar-refractivity contribution in [2.24, 2.45) is 0 Å². The van der Waals surface area contributed by atoms with Crippen molar-refractivity contribution in [3.8, 4) is 0 Å². The molecule has 3 aromatic rings. The predicted molar refractivity (Wildman–Crippen MR) is 72.8 cm³/mol. The van der Waals surface area contributed by atoms with Gasteiger partial charge in [-0.3, -0.25) is 4.98 Å². The first-order valence-corrected chi connectivity index (χ1v) is 6.07. The van der Waals surface area contributed by atoms with Gasteiger partial charge in [-0.25, -0.2) is 0 Å². The number of benzene rings is 1. The molecule has 1 aromatic carbocycles. The minimum Gasteiger partial charge on any atom is -0.329 e. The second-order valence-electron chi connectivity index (χ2n) is 4.43. The Morgan fingerprint density at radius 1 is 1.29 bits per heavy atom. The number of nitrogens with one attached hydrogen (secondary N) is 1. The van der Waals surface area contributed by atoms with Crippen LogP contribution in [0.25, 0.3) is 21.9 Å². The maximum atomic E-state index is 5.37. The average molecular weight is 243 g/mol. The van der Waals surface area contributed by atoms with E-state index < -0.39 is 0 Å². The molecule has 0 aliphatic rings. The fraction of sp³-hybridized carbons (Fsp3) is 0.231. The lowest BCUT2D eigenvalue weighted by Crippen LogP contribution is -2.00. The molecule has 0 bridgehead atoms. The summed E-state index contributed by atoms with van der Waals surface area (Å²) >= 11 is 5.37. The number of pyridine rings is 1. The lowest BCUT2D eigenvalue weighted by molar-refractivity contribution is 0.611. The Balaban J connectivity index is 2.60. The molecule has 3 nitrogen and oxygen atoms in total. The van der Waals surface area contributed by atoms with Crippen LogP contribution in [0.4, 0.5) is 0 Å². The van der Waals surface area contributed by atoms with Crippen LogP contribution in [0, 0.1) is 4.77 Å². The van der Waals surface area contributed by atoms with Crippen molar-refractivity contribution in [1.29, 1.82) is 0 Å². The summed E-state index contributed by atoms with van der Waals surface area (Å²) in [6.07, 6.45) is 1.85. The zero-order valence-corrected chi connectivity index (χ0v) is 10.6. The topological polar surface area (TPSA) is 33.6 Å². The molecule has 3 rings (SSSR count). The standard InChI is InChI=1S/C13H13N3S/c1-8(2)16-12-9-5-3-4-6-10(9)14-7-11(12)15-13(16)17/h3-8H,1-2H3,(H,15,17). The number of hydrogen-bond donors (Lipinski definition) is 1. The molecule has 0 saturated heterocycles. The third kappa shape index (κ3) is 1.48. The molecule has 4 heteroatoms. The lowest BCUT2D eigenvalue weighted by Gasteiger charge is -2.09. The molecule has 0 radical (unpaired) electrons. The van der Waals surface area contributed by atoms with Crippen molar-refractivity contribution in [1.82, 2.24) is 14.5 Å². The number of para-hydroxylation sites is 1. The third-order valence-corrected chi connectivity index (χ3v) is 3.26. The van der Waals surface area contributed by atoms with E-state index in [1.807, 2.05) is 24.4 Å². The molecule has 0 fully saturated rings. The first-order chi connectivity index (χ1) is 8.18. The van der Waals surface area contributed by atoms with Crippen molar-refractivity contribution >= 4 is 34.2 Å². The number of rotatable bonds is 1. The van der Waals surface area contributed by atoms with Crippen LogP contribution in [-0.2, 0) is 0 Å². The first kappa shape index (κ1) is 10.5. The van der Waals surface area contributed by atoms with Gasteiger partial charge in [0.15, 0.2) is 4.77 Å². The van der Waals surface area contributed by atoms with E-state index in [1.54, 1.807) is 0 Å². The zero-order chi connectivity index (χ0) is 12.0. The molecular formula is C13H13N3S. The number of aromatic amines is 1. The highest BCUT2D eigenvalue weighted by molar-refractivity contribution is 7.71. The van der Waals surface area contributed by atoms with Gasteiger partial charge >= 0.3 is 0 Å². The number of nitrogens with zero attached hydrogens (tertiary/aromatic N) is 2. The van der Waals surface area contributed by atoms with Crippen LogP contribution >= 0.6 is 12.2 Å². The molecular weight excluding hydrogens is 230 g/mol. The van der Waals surface area contributed by atoms with Crippen LogP contribution in [0.1, 0.15) is 19.9 Å². The van der Waals surface area contributed by atoms with E-state index in [4.69, 9.17) is 12.2 Å². The largest absolute Gasteiger partial charge is 0.329 e. The summed E-state index contributed by atoms with van der Waals surface area (Å²) < 4.78 is 2.91. The van der Waals surface area contributed by atoms with Crippen LogP contribution in [-0.4, -0.2) is 14.5 Å². The molecule has 2 aromatic heterocycles. The van der Waals surface area contributed by atoms with Crippen molar-refractivity contribution in [3.63, 3.8) is 0 Å². The molecule has 0 atom stereocenters. The maximum Gasteiger partial charge on any atom is 0.178 e. The highest BCUT2D eigenvalue weighted by Crippen LogP contribution is 2.25. The molecule has 1 N–H and O–H groups in total. The van der Waals surface area contributed by atoms with Crippen molar-refractivity contribution in [3.05, 3.63) is 35.2 Å². The monoisotopic (exact) mass is 243 g/mol. The van der Waals surface area contributed by atoms with Gasteiger partial charge in [-0.2, -0.15) is 0 Å². The summed E-state index contributed by atoms with van der Waals surface area (Å²) in [4.78, 5) is 7.65. The normalized spacial score (nSPS) is 11.7.